The van der Waals surface area contributed by atoms with E-state index in [9.17, 15) is 14.7 Å². The number of carbonyl (C=O) groups is 2. The van der Waals surface area contributed by atoms with E-state index >= 15 is 0 Å². The van der Waals surface area contributed by atoms with E-state index in [1.165, 1.54) is 26.0 Å². The highest BCUT2D eigenvalue weighted by Gasteiger charge is 2.35. The molecule has 0 aromatic heterocycles. The van der Waals surface area contributed by atoms with Crippen LogP contribution in [0.4, 0.5) is 0 Å². The molecule has 0 bridgehead atoms. The topological polar surface area (TPSA) is 76.1 Å². The molecule has 1 amide bonds. The van der Waals surface area contributed by atoms with Gasteiger partial charge in [-0.1, -0.05) is 0 Å². The lowest BCUT2D eigenvalue weighted by atomic mass is 9.91. The number of hydrogen-bond acceptors (Lipinski definition) is 4. The molecule has 1 aliphatic rings. The minimum Gasteiger partial charge on any atom is -0.493 e. The Bertz CT molecular complexity index is 555. The molecule has 6 nitrogen and oxygen atoms in total. The average molecular weight is 279 g/mol. The van der Waals surface area contributed by atoms with Gasteiger partial charge in [0.15, 0.2) is 17.5 Å². The van der Waals surface area contributed by atoms with Gasteiger partial charge in [0.25, 0.3) is 0 Å². The Kier molecular flexibility index (Phi) is 3.83. The normalized spacial score (nSPS) is 17.4. The van der Waals surface area contributed by atoms with Crippen molar-refractivity contribution in [3.63, 3.8) is 0 Å². The lowest BCUT2D eigenvalue weighted by molar-refractivity contribution is -0.150. The van der Waals surface area contributed by atoms with Crippen LogP contribution in [0, 0.1) is 0 Å². The molecule has 1 unspecified atom stereocenters. The van der Waals surface area contributed by atoms with E-state index in [4.69, 9.17) is 9.47 Å². The van der Waals surface area contributed by atoms with E-state index in [0.29, 0.717) is 30.0 Å². The van der Waals surface area contributed by atoms with Gasteiger partial charge in [0.05, 0.1) is 14.2 Å². The maximum absolute atomic E-state index is 11.6. The Morgan fingerprint density at radius 3 is 2.35 bits per heavy atom. The summed E-state index contributed by atoms with van der Waals surface area (Å²) in [5, 5.41) is 9.43. The third-order valence-corrected chi connectivity index (χ3v) is 3.51. The van der Waals surface area contributed by atoms with Crippen LogP contribution in [0.3, 0.4) is 0 Å². The van der Waals surface area contributed by atoms with Crippen LogP contribution in [0.5, 0.6) is 11.5 Å². The lowest BCUT2D eigenvalue weighted by Gasteiger charge is -2.34. The van der Waals surface area contributed by atoms with Crippen LogP contribution in [0.2, 0.25) is 0 Å². The average Bonchev–Trinajstić information content (AvgIpc) is 2.43. The summed E-state index contributed by atoms with van der Waals surface area (Å²) < 4.78 is 10.4. The van der Waals surface area contributed by atoms with E-state index in [-0.39, 0.29) is 5.91 Å². The number of carboxylic acids is 1. The number of amides is 1. The number of fused-ring (bicyclic) bond motifs is 1. The molecule has 1 aromatic carbocycles. The molecule has 20 heavy (non-hydrogen) atoms. The molecule has 1 aliphatic heterocycles. The zero-order valence-corrected chi connectivity index (χ0v) is 11.7. The summed E-state index contributed by atoms with van der Waals surface area (Å²) in [7, 11) is 3.02. The van der Waals surface area contributed by atoms with E-state index in [1.54, 1.807) is 12.1 Å². The van der Waals surface area contributed by atoms with E-state index in [2.05, 4.69) is 0 Å². The number of nitrogens with zero attached hydrogens (tertiary/aromatic N) is 1. The van der Waals surface area contributed by atoms with Crippen molar-refractivity contribution in [3.8, 4) is 11.5 Å². The molecule has 108 valence electrons. The highest BCUT2D eigenvalue weighted by Crippen LogP contribution is 2.38. The van der Waals surface area contributed by atoms with Gasteiger partial charge in [-0.15, -0.1) is 0 Å². The number of ether oxygens (including phenoxy) is 2. The van der Waals surface area contributed by atoms with Crippen molar-refractivity contribution < 1.29 is 24.2 Å². The first-order valence-electron chi connectivity index (χ1n) is 6.24. The van der Waals surface area contributed by atoms with Gasteiger partial charge in [0, 0.05) is 13.5 Å². The molecule has 0 saturated carbocycles. The molecule has 0 fully saturated rings. The Morgan fingerprint density at radius 2 is 1.85 bits per heavy atom. The molecule has 1 aromatic rings. The third kappa shape index (κ3) is 2.29. The van der Waals surface area contributed by atoms with E-state index in [0.717, 1.165) is 5.56 Å². The van der Waals surface area contributed by atoms with Crippen molar-refractivity contribution in [1.29, 1.82) is 0 Å². The van der Waals surface area contributed by atoms with Crippen LogP contribution in [0.1, 0.15) is 24.1 Å². The van der Waals surface area contributed by atoms with Crippen molar-refractivity contribution in [2.45, 2.75) is 19.4 Å². The largest absolute Gasteiger partial charge is 0.493 e. The minimum absolute atomic E-state index is 0.252. The minimum atomic E-state index is -1.05. The first kappa shape index (κ1) is 14.2. The van der Waals surface area contributed by atoms with Crippen LogP contribution in [0.15, 0.2) is 12.1 Å². The van der Waals surface area contributed by atoms with Crippen LogP contribution >= 0.6 is 0 Å². The zero-order chi connectivity index (χ0) is 14.9. The van der Waals surface area contributed by atoms with Gasteiger partial charge in [-0.3, -0.25) is 4.79 Å². The van der Waals surface area contributed by atoms with Gasteiger partial charge in [-0.25, -0.2) is 4.79 Å². The van der Waals surface area contributed by atoms with E-state index < -0.39 is 12.0 Å². The predicted octanol–water partition coefficient (Wildman–Crippen LogP) is 1.23. The predicted molar refractivity (Wildman–Crippen MR) is 71.0 cm³/mol. The molecule has 1 N–H and O–H groups in total. The summed E-state index contributed by atoms with van der Waals surface area (Å²) in [5.41, 5.74) is 1.45. The van der Waals surface area contributed by atoms with Crippen LogP contribution < -0.4 is 9.47 Å². The molecule has 1 heterocycles. The lowest BCUT2D eigenvalue weighted by Crippen LogP contribution is -2.42. The zero-order valence-electron chi connectivity index (χ0n) is 11.7. The van der Waals surface area contributed by atoms with Crippen molar-refractivity contribution >= 4 is 11.9 Å². The van der Waals surface area contributed by atoms with Gasteiger partial charge < -0.3 is 19.5 Å². The summed E-state index contributed by atoms with van der Waals surface area (Å²) in [6, 6.07) is 2.44. The Hall–Kier alpha value is -2.24. The molecular formula is C14H17NO5. The van der Waals surface area contributed by atoms with Gasteiger partial charge in [0.1, 0.15) is 0 Å². The van der Waals surface area contributed by atoms with Crippen LogP contribution in [0.25, 0.3) is 0 Å². The molecule has 0 aliphatic carbocycles. The number of rotatable bonds is 3. The number of carbonyl (C=O) groups excluding carboxylic acids is 1. The van der Waals surface area contributed by atoms with Gasteiger partial charge in [0.2, 0.25) is 5.91 Å². The molecule has 6 heteroatoms. The number of aliphatic carboxylic acids is 1. The quantitative estimate of drug-likeness (QED) is 0.900. The molecular weight excluding hydrogens is 262 g/mol. The SMILES string of the molecule is COc1cc2c(cc1OC)C(C(=O)O)N(C(C)=O)CC2. The first-order valence-corrected chi connectivity index (χ1v) is 6.24. The number of carboxylic acid groups (broad SMARTS) is 1. The summed E-state index contributed by atoms with van der Waals surface area (Å²) in [6.07, 6.45) is 0.596. The molecule has 0 spiro atoms. The summed E-state index contributed by atoms with van der Waals surface area (Å²) in [6.45, 7) is 1.76. The van der Waals surface area contributed by atoms with Crippen LogP contribution in [-0.4, -0.2) is 42.6 Å². The Labute approximate surface area is 116 Å². The summed E-state index contributed by atoms with van der Waals surface area (Å²) >= 11 is 0. The Morgan fingerprint density at radius 1 is 1.25 bits per heavy atom. The highest BCUT2D eigenvalue weighted by atomic mass is 16.5. The smallest absolute Gasteiger partial charge is 0.331 e. The monoisotopic (exact) mass is 279 g/mol. The molecule has 0 saturated heterocycles. The van der Waals surface area contributed by atoms with E-state index in [1.807, 2.05) is 0 Å². The highest BCUT2D eigenvalue weighted by molar-refractivity contribution is 5.84. The fourth-order valence-corrected chi connectivity index (χ4v) is 2.55. The number of methoxy groups -OCH3 is 2. The van der Waals surface area contributed by atoms with Crippen molar-refractivity contribution in [3.05, 3.63) is 23.3 Å². The fourth-order valence-electron chi connectivity index (χ4n) is 2.55. The van der Waals surface area contributed by atoms with Gasteiger partial charge >= 0.3 is 5.97 Å². The second kappa shape index (κ2) is 5.40. The van der Waals surface area contributed by atoms with Gasteiger partial charge in [-0.05, 0) is 29.7 Å². The third-order valence-electron chi connectivity index (χ3n) is 3.51. The summed E-state index contributed by atoms with van der Waals surface area (Å²) in [4.78, 5) is 24.5. The van der Waals surface area contributed by atoms with Crippen LogP contribution in [-0.2, 0) is 16.0 Å². The summed E-state index contributed by atoms with van der Waals surface area (Å²) in [5.74, 6) is -0.277. The maximum atomic E-state index is 11.6. The number of hydrogen-bond donors (Lipinski definition) is 1. The molecule has 2 rings (SSSR count). The standard InChI is InChI=1S/C14H17NO5/c1-8(16)15-5-4-9-6-11(19-2)12(20-3)7-10(9)13(15)14(17)18/h6-7,13H,4-5H2,1-3H3,(H,17,18). The van der Waals surface area contributed by atoms with Crippen molar-refractivity contribution in [1.82, 2.24) is 4.90 Å². The maximum Gasteiger partial charge on any atom is 0.331 e. The Balaban J connectivity index is 2.56. The van der Waals surface area contributed by atoms with Crippen molar-refractivity contribution in [2.24, 2.45) is 0 Å². The molecule has 1 atom stereocenters. The number of benzene rings is 1. The van der Waals surface area contributed by atoms with Gasteiger partial charge in [-0.2, -0.15) is 0 Å². The second-order valence-electron chi connectivity index (χ2n) is 4.61. The fraction of sp³-hybridized carbons (Fsp3) is 0.429. The second-order valence-corrected chi connectivity index (χ2v) is 4.61. The first-order chi connectivity index (χ1) is 9.49. The molecule has 0 radical (unpaired) electrons. The van der Waals surface area contributed by atoms with Crippen molar-refractivity contribution in [2.75, 3.05) is 20.8 Å².